The van der Waals surface area contributed by atoms with Gasteiger partial charge in [0.2, 0.25) is 0 Å². The van der Waals surface area contributed by atoms with Crippen LogP contribution in [-0.2, 0) is 9.47 Å². The summed E-state index contributed by atoms with van der Waals surface area (Å²) in [5.41, 5.74) is 0. The Kier molecular flexibility index (Phi) is 6.27. The highest BCUT2D eigenvalue weighted by atomic mass is 19.4. The summed E-state index contributed by atoms with van der Waals surface area (Å²) in [6, 6.07) is 0. The molecule has 9 heteroatoms. The molecule has 0 aromatic heterocycles. The molecular formula is C12H17F7O2. The van der Waals surface area contributed by atoms with Crippen LogP contribution in [-0.4, -0.2) is 37.5 Å². The summed E-state index contributed by atoms with van der Waals surface area (Å²) in [4.78, 5) is 0. The second-order valence-electron chi connectivity index (χ2n) is 4.90. The highest BCUT2D eigenvalue weighted by molar-refractivity contribution is 4.90. The Morgan fingerprint density at radius 3 is 2.14 bits per heavy atom. The van der Waals surface area contributed by atoms with Crippen LogP contribution in [0.25, 0.3) is 0 Å². The van der Waals surface area contributed by atoms with E-state index >= 15 is 0 Å². The first-order chi connectivity index (χ1) is 9.58. The van der Waals surface area contributed by atoms with E-state index in [1.54, 1.807) is 0 Å². The fourth-order valence-corrected chi connectivity index (χ4v) is 1.87. The van der Waals surface area contributed by atoms with Crippen molar-refractivity contribution >= 4 is 0 Å². The number of ether oxygens (including phenoxy) is 2. The minimum Gasteiger partial charge on any atom is -0.353 e. The number of rotatable bonds is 7. The van der Waals surface area contributed by atoms with Gasteiger partial charge in [-0.05, 0) is 32.1 Å². The van der Waals surface area contributed by atoms with E-state index in [0.29, 0.717) is 13.0 Å². The van der Waals surface area contributed by atoms with Gasteiger partial charge in [-0.15, -0.1) is 0 Å². The van der Waals surface area contributed by atoms with Crippen LogP contribution in [0.1, 0.15) is 38.5 Å². The highest BCUT2D eigenvalue weighted by Gasteiger charge is 2.72. The van der Waals surface area contributed by atoms with Crippen LogP contribution in [0.3, 0.4) is 0 Å². The van der Waals surface area contributed by atoms with Crippen molar-refractivity contribution in [1.82, 2.24) is 0 Å². The number of hydrogen-bond donors (Lipinski definition) is 0. The Labute approximate surface area is 117 Å². The number of unbranched alkanes of at least 4 members (excludes halogenated alkanes) is 1. The highest BCUT2D eigenvalue weighted by Crippen LogP contribution is 2.48. The largest absolute Gasteiger partial charge is 0.459 e. The summed E-state index contributed by atoms with van der Waals surface area (Å²) in [6.45, 7) is 0.513. The Bertz CT molecular complexity index is 311. The van der Waals surface area contributed by atoms with Gasteiger partial charge in [0.25, 0.3) is 0 Å². The minimum atomic E-state index is -6.26. The molecule has 1 fully saturated rings. The maximum Gasteiger partial charge on any atom is 0.459 e. The van der Waals surface area contributed by atoms with Crippen LogP contribution >= 0.6 is 0 Å². The molecule has 0 aliphatic carbocycles. The average molecular weight is 326 g/mol. The van der Waals surface area contributed by atoms with Gasteiger partial charge in [-0.2, -0.15) is 30.7 Å². The second kappa shape index (κ2) is 7.13. The summed E-state index contributed by atoms with van der Waals surface area (Å²) in [6.07, 6.45) is -6.33. The molecule has 1 aliphatic heterocycles. The van der Waals surface area contributed by atoms with Crippen molar-refractivity contribution in [2.24, 2.45) is 0 Å². The summed E-state index contributed by atoms with van der Waals surface area (Å²) in [7, 11) is 0. The van der Waals surface area contributed by atoms with Crippen LogP contribution < -0.4 is 0 Å². The molecule has 0 aromatic carbocycles. The van der Waals surface area contributed by atoms with E-state index in [-0.39, 0.29) is 13.0 Å². The van der Waals surface area contributed by atoms with Gasteiger partial charge in [0.1, 0.15) is 0 Å². The molecule has 1 unspecified atom stereocenters. The molecular weight excluding hydrogens is 309 g/mol. The standard InChI is InChI=1S/C12H17F7O2/c13-10(14,11(15,16)12(17,18)19)6-2-4-8-21-9-5-1-3-7-20-9/h9H,1-8H2. The van der Waals surface area contributed by atoms with Crippen molar-refractivity contribution in [1.29, 1.82) is 0 Å². The SMILES string of the molecule is FC(F)(F)C(F)(F)C(F)(F)CCCCOC1CCCCO1. The summed E-state index contributed by atoms with van der Waals surface area (Å²) < 4.78 is 97.0. The van der Waals surface area contributed by atoms with E-state index in [9.17, 15) is 30.7 Å². The van der Waals surface area contributed by atoms with Crippen LogP contribution in [0.2, 0.25) is 0 Å². The third kappa shape index (κ3) is 4.98. The van der Waals surface area contributed by atoms with E-state index in [2.05, 4.69) is 0 Å². The molecule has 1 saturated heterocycles. The molecule has 0 radical (unpaired) electrons. The predicted molar refractivity (Wildman–Crippen MR) is 59.3 cm³/mol. The lowest BCUT2D eigenvalue weighted by molar-refractivity contribution is -0.355. The first kappa shape index (κ1) is 18.5. The van der Waals surface area contributed by atoms with Crippen LogP contribution in [0.4, 0.5) is 30.7 Å². The second-order valence-corrected chi connectivity index (χ2v) is 4.90. The van der Waals surface area contributed by atoms with Crippen LogP contribution in [0, 0.1) is 0 Å². The van der Waals surface area contributed by atoms with Gasteiger partial charge in [-0.3, -0.25) is 0 Å². The summed E-state index contributed by atoms with van der Waals surface area (Å²) in [5.74, 6) is -11.1. The molecule has 1 atom stereocenters. The van der Waals surface area contributed by atoms with Crippen molar-refractivity contribution in [2.75, 3.05) is 13.2 Å². The summed E-state index contributed by atoms with van der Waals surface area (Å²) >= 11 is 0. The first-order valence-corrected chi connectivity index (χ1v) is 6.63. The molecule has 0 bridgehead atoms. The van der Waals surface area contributed by atoms with Gasteiger partial charge in [-0.1, -0.05) is 0 Å². The van der Waals surface area contributed by atoms with E-state index in [4.69, 9.17) is 9.47 Å². The van der Waals surface area contributed by atoms with E-state index < -0.39 is 37.2 Å². The van der Waals surface area contributed by atoms with Crippen LogP contribution in [0.15, 0.2) is 0 Å². The maximum absolute atomic E-state index is 12.9. The Morgan fingerprint density at radius 1 is 0.952 bits per heavy atom. The van der Waals surface area contributed by atoms with Gasteiger partial charge >= 0.3 is 18.0 Å². The first-order valence-electron chi connectivity index (χ1n) is 6.63. The molecule has 0 aromatic rings. The van der Waals surface area contributed by atoms with Crippen molar-refractivity contribution in [3.8, 4) is 0 Å². The smallest absolute Gasteiger partial charge is 0.353 e. The predicted octanol–water partition coefficient (Wildman–Crippen LogP) is 4.53. The van der Waals surface area contributed by atoms with Gasteiger partial charge in [0.05, 0.1) is 0 Å². The normalized spacial score (nSPS) is 21.6. The molecule has 0 saturated carbocycles. The molecule has 0 spiro atoms. The van der Waals surface area contributed by atoms with Crippen molar-refractivity contribution in [2.45, 2.75) is 62.8 Å². The monoisotopic (exact) mass is 326 g/mol. The fraction of sp³-hybridized carbons (Fsp3) is 1.00. The molecule has 1 aliphatic rings. The van der Waals surface area contributed by atoms with Gasteiger partial charge in [0, 0.05) is 19.6 Å². The zero-order valence-electron chi connectivity index (χ0n) is 11.2. The molecule has 0 amide bonds. The molecule has 1 heterocycles. The number of alkyl halides is 7. The Hall–Kier alpha value is -0.570. The topological polar surface area (TPSA) is 18.5 Å². The lowest BCUT2D eigenvalue weighted by Gasteiger charge is -2.28. The van der Waals surface area contributed by atoms with E-state index in [1.807, 2.05) is 0 Å². The van der Waals surface area contributed by atoms with Crippen molar-refractivity contribution in [3.05, 3.63) is 0 Å². The van der Waals surface area contributed by atoms with Gasteiger partial charge in [-0.25, -0.2) is 0 Å². The number of hydrogen-bond acceptors (Lipinski definition) is 2. The summed E-state index contributed by atoms with van der Waals surface area (Å²) in [5, 5.41) is 0. The third-order valence-corrected chi connectivity index (χ3v) is 3.14. The minimum absolute atomic E-state index is 0.0155. The quantitative estimate of drug-likeness (QED) is 0.505. The average Bonchev–Trinajstić information content (AvgIpc) is 2.38. The lowest BCUT2D eigenvalue weighted by Crippen LogP contribution is -2.51. The maximum atomic E-state index is 12.9. The lowest BCUT2D eigenvalue weighted by atomic mass is 10.0. The van der Waals surface area contributed by atoms with Crippen LogP contribution in [0.5, 0.6) is 0 Å². The molecule has 21 heavy (non-hydrogen) atoms. The Balaban J connectivity index is 2.27. The van der Waals surface area contributed by atoms with Crippen molar-refractivity contribution < 1.29 is 40.2 Å². The fourth-order valence-electron chi connectivity index (χ4n) is 1.87. The zero-order chi connectivity index (χ0) is 16.1. The van der Waals surface area contributed by atoms with Gasteiger partial charge in [0.15, 0.2) is 6.29 Å². The van der Waals surface area contributed by atoms with E-state index in [1.165, 1.54) is 0 Å². The van der Waals surface area contributed by atoms with E-state index in [0.717, 1.165) is 12.8 Å². The molecule has 1 rings (SSSR count). The molecule has 126 valence electrons. The number of halogens is 7. The third-order valence-electron chi connectivity index (χ3n) is 3.14. The zero-order valence-corrected chi connectivity index (χ0v) is 11.2. The van der Waals surface area contributed by atoms with Crippen molar-refractivity contribution in [3.63, 3.8) is 0 Å². The molecule has 2 nitrogen and oxygen atoms in total. The molecule has 0 N–H and O–H groups in total. The van der Waals surface area contributed by atoms with Gasteiger partial charge < -0.3 is 9.47 Å². The Morgan fingerprint density at radius 2 is 1.62 bits per heavy atom.